The average Bonchev–Trinajstić information content (AvgIpc) is 2.11. The molecule has 0 aliphatic rings. The zero-order valence-electron chi connectivity index (χ0n) is 7.31. The van der Waals surface area contributed by atoms with E-state index in [-0.39, 0.29) is 5.82 Å². The van der Waals surface area contributed by atoms with Gasteiger partial charge in [0, 0.05) is 18.1 Å². The lowest BCUT2D eigenvalue weighted by molar-refractivity contribution is 0.210. The van der Waals surface area contributed by atoms with E-state index >= 15 is 0 Å². The Morgan fingerprint density at radius 2 is 2.31 bits per heavy atom. The smallest absolute Gasteiger partial charge is 0.146 e. The molecule has 0 aromatic heterocycles. The fourth-order valence-corrected chi connectivity index (χ4v) is 1.28. The summed E-state index contributed by atoms with van der Waals surface area (Å²) < 4.78 is 18.8. The SMILES string of the molecule is COCCNc1cc(Br)ccc1F. The van der Waals surface area contributed by atoms with Crippen molar-refractivity contribution in [2.75, 3.05) is 25.6 Å². The Bertz CT molecular complexity index is 280. The second-order valence-corrected chi connectivity index (χ2v) is 3.46. The number of hydrogen-bond donors (Lipinski definition) is 1. The summed E-state index contributed by atoms with van der Waals surface area (Å²) in [4.78, 5) is 0. The Balaban J connectivity index is 2.59. The lowest BCUT2D eigenvalue weighted by Gasteiger charge is -2.06. The molecule has 2 nitrogen and oxygen atoms in total. The summed E-state index contributed by atoms with van der Waals surface area (Å²) in [5.41, 5.74) is 0.492. The van der Waals surface area contributed by atoms with E-state index in [4.69, 9.17) is 4.74 Å². The van der Waals surface area contributed by atoms with Gasteiger partial charge in [-0.05, 0) is 18.2 Å². The minimum atomic E-state index is -0.251. The number of rotatable bonds is 4. The molecule has 0 saturated carbocycles. The van der Waals surface area contributed by atoms with Gasteiger partial charge in [0.25, 0.3) is 0 Å². The van der Waals surface area contributed by atoms with Crippen molar-refractivity contribution in [3.63, 3.8) is 0 Å². The largest absolute Gasteiger partial charge is 0.383 e. The van der Waals surface area contributed by atoms with Crippen LogP contribution in [0.25, 0.3) is 0 Å². The molecule has 13 heavy (non-hydrogen) atoms. The van der Waals surface area contributed by atoms with Crippen molar-refractivity contribution in [1.82, 2.24) is 0 Å². The molecule has 0 aliphatic carbocycles. The Labute approximate surface area is 85.2 Å². The van der Waals surface area contributed by atoms with Crippen LogP contribution in [0.5, 0.6) is 0 Å². The van der Waals surface area contributed by atoms with Crippen molar-refractivity contribution in [3.8, 4) is 0 Å². The van der Waals surface area contributed by atoms with Crippen molar-refractivity contribution >= 4 is 21.6 Å². The second-order valence-electron chi connectivity index (χ2n) is 2.54. The molecule has 0 atom stereocenters. The molecule has 0 saturated heterocycles. The molecule has 1 aromatic carbocycles. The lowest BCUT2D eigenvalue weighted by atomic mass is 10.3. The first-order chi connectivity index (χ1) is 6.24. The molecule has 0 heterocycles. The third kappa shape index (κ3) is 3.32. The summed E-state index contributed by atoms with van der Waals surface area (Å²) >= 11 is 3.27. The van der Waals surface area contributed by atoms with E-state index in [2.05, 4.69) is 21.2 Å². The highest BCUT2D eigenvalue weighted by atomic mass is 79.9. The minimum absolute atomic E-state index is 0.251. The zero-order chi connectivity index (χ0) is 9.68. The maximum absolute atomic E-state index is 13.1. The van der Waals surface area contributed by atoms with Crippen molar-refractivity contribution in [3.05, 3.63) is 28.5 Å². The maximum Gasteiger partial charge on any atom is 0.146 e. The van der Waals surface area contributed by atoms with Gasteiger partial charge in [-0.2, -0.15) is 0 Å². The van der Waals surface area contributed by atoms with Crippen LogP contribution in [0.15, 0.2) is 22.7 Å². The van der Waals surface area contributed by atoms with E-state index < -0.39 is 0 Å². The molecular weight excluding hydrogens is 237 g/mol. The second kappa shape index (κ2) is 5.19. The van der Waals surface area contributed by atoms with Crippen molar-refractivity contribution in [2.45, 2.75) is 0 Å². The maximum atomic E-state index is 13.1. The van der Waals surface area contributed by atoms with Gasteiger partial charge in [-0.1, -0.05) is 15.9 Å². The van der Waals surface area contributed by atoms with Gasteiger partial charge in [0.1, 0.15) is 5.82 Å². The fourth-order valence-electron chi connectivity index (χ4n) is 0.921. The summed E-state index contributed by atoms with van der Waals surface area (Å²) in [5, 5.41) is 2.92. The average molecular weight is 248 g/mol. The summed E-state index contributed by atoms with van der Waals surface area (Å²) in [6.45, 7) is 1.16. The van der Waals surface area contributed by atoms with Gasteiger partial charge in [-0.15, -0.1) is 0 Å². The Morgan fingerprint density at radius 1 is 1.54 bits per heavy atom. The van der Waals surface area contributed by atoms with Gasteiger partial charge in [-0.25, -0.2) is 4.39 Å². The summed E-state index contributed by atoms with van der Waals surface area (Å²) in [6, 6.07) is 4.78. The number of anilines is 1. The van der Waals surface area contributed by atoms with E-state index in [1.807, 2.05) is 0 Å². The summed E-state index contributed by atoms with van der Waals surface area (Å²) in [6.07, 6.45) is 0. The third-order valence-electron chi connectivity index (χ3n) is 1.55. The number of ether oxygens (including phenoxy) is 1. The predicted molar refractivity (Wildman–Crippen MR) is 54.5 cm³/mol. The van der Waals surface area contributed by atoms with E-state index in [0.29, 0.717) is 18.8 Å². The van der Waals surface area contributed by atoms with E-state index in [1.165, 1.54) is 6.07 Å². The summed E-state index contributed by atoms with van der Waals surface area (Å²) in [5.74, 6) is -0.251. The molecular formula is C9H11BrFNO. The van der Waals surface area contributed by atoms with Crippen molar-refractivity contribution in [2.24, 2.45) is 0 Å². The van der Waals surface area contributed by atoms with Gasteiger partial charge < -0.3 is 10.1 Å². The monoisotopic (exact) mass is 247 g/mol. The van der Waals surface area contributed by atoms with Gasteiger partial charge >= 0.3 is 0 Å². The molecule has 1 N–H and O–H groups in total. The molecule has 72 valence electrons. The molecule has 0 aliphatic heterocycles. The van der Waals surface area contributed by atoms with Crippen LogP contribution >= 0.6 is 15.9 Å². The van der Waals surface area contributed by atoms with Crippen LogP contribution in [-0.4, -0.2) is 20.3 Å². The number of nitrogens with one attached hydrogen (secondary N) is 1. The number of benzene rings is 1. The molecule has 0 radical (unpaired) electrons. The van der Waals surface area contributed by atoms with Crippen LogP contribution in [0.2, 0.25) is 0 Å². The lowest BCUT2D eigenvalue weighted by Crippen LogP contribution is -2.08. The molecule has 1 rings (SSSR count). The highest BCUT2D eigenvalue weighted by Crippen LogP contribution is 2.19. The first-order valence-electron chi connectivity index (χ1n) is 3.92. The molecule has 0 bridgehead atoms. The van der Waals surface area contributed by atoms with Crippen LogP contribution in [0, 0.1) is 5.82 Å². The van der Waals surface area contributed by atoms with Crippen LogP contribution < -0.4 is 5.32 Å². The van der Waals surface area contributed by atoms with Crippen molar-refractivity contribution < 1.29 is 9.13 Å². The van der Waals surface area contributed by atoms with E-state index in [0.717, 1.165) is 4.47 Å². The first kappa shape index (κ1) is 10.5. The van der Waals surface area contributed by atoms with E-state index in [9.17, 15) is 4.39 Å². The van der Waals surface area contributed by atoms with Crippen LogP contribution in [-0.2, 0) is 4.74 Å². The minimum Gasteiger partial charge on any atom is -0.383 e. The normalized spacial score (nSPS) is 10.1. The van der Waals surface area contributed by atoms with Crippen molar-refractivity contribution in [1.29, 1.82) is 0 Å². The highest BCUT2D eigenvalue weighted by Gasteiger charge is 2.00. The predicted octanol–water partition coefficient (Wildman–Crippen LogP) is 2.65. The number of hydrogen-bond acceptors (Lipinski definition) is 2. The quantitative estimate of drug-likeness (QED) is 0.827. The molecule has 0 fully saturated rings. The van der Waals surface area contributed by atoms with Crippen LogP contribution in [0.4, 0.5) is 10.1 Å². The Hall–Kier alpha value is -0.610. The third-order valence-corrected chi connectivity index (χ3v) is 2.04. The van der Waals surface area contributed by atoms with Crippen LogP contribution in [0.1, 0.15) is 0 Å². The zero-order valence-corrected chi connectivity index (χ0v) is 8.90. The molecule has 1 aromatic rings. The van der Waals surface area contributed by atoms with Gasteiger partial charge in [0.2, 0.25) is 0 Å². The number of methoxy groups -OCH3 is 1. The molecule has 0 amide bonds. The molecule has 0 spiro atoms. The fraction of sp³-hybridized carbons (Fsp3) is 0.333. The standard InChI is InChI=1S/C9H11BrFNO/c1-13-5-4-12-9-6-7(10)2-3-8(9)11/h2-3,6,12H,4-5H2,1H3. The first-order valence-corrected chi connectivity index (χ1v) is 4.71. The Kier molecular flexibility index (Phi) is 4.18. The molecule has 4 heteroatoms. The summed E-state index contributed by atoms with van der Waals surface area (Å²) in [7, 11) is 1.61. The number of halogens is 2. The van der Waals surface area contributed by atoms with Crippen LogP contribution in [0.3, 0.4) is 0 Å². The highest BCUT2D eigenvalue weighted by molar-refractivity contribution is 9.10. The molecule has 0 unspecified atom stereocenters. The van der Waals surface area contributed by atoms with Gasteiger partial charge in [0.05, 0.1) is 12.3 Å². The van der Waals surface area contributed by atoms with E-state index in [1.54, 1.807) is 19.2 Å². The topological polar surface area (TPSA) is 21.3 Å². The van der Waals surface area contributed by atoms with Gasteiger partial charge in [0.15, 0.2) is 0 Å². The Morgan fingerprint density at radius 3 is 3.00 bits per heavy atom. The van der Waals surface area contributed by atoms with Gasteiger partial charge in [-0.3, -0.25) is 0 Å².